The second-order valence-corrected chi connectivity index (χ2v) is 5.59. The first-order valence-corrected chi connectivity index (χ1v) is 7.17. The van der Waals surface area contributed by atoms with E-state index in [0.29, 0.717) is 18.9 Å². The molecule has 0 aromatic heterocycles. The highest BCUT2D eigenvalue weighted by Gasteiger charge is 2.18. The fraction of sp³-hybridized carbons (Fsp3) is 0.857. The summed E-state index contributed by atoms with van der Waals surface area (Å²) in [6.45, 7) is 7.84. The van der Waals surface area contributed by atoms with Crippen LogP contribution in [-0.2, 0) is 14.3 Å². The van der Waals surface area contributed by atoms with Crippen molar-refractivity contribution >= 4 is 11.9 Å². The van der Waals surface area contributed by atoms with E-state index in [2.05, 4.69) is 10.6 Å². The number of ether oxygens (including phenoxy) is 1. The lowest BCUT2D eigenvalue weighted by Crippen LogP contribution is -2.33. The summed E-state index contributed by atoms with van der Waals surface area (Å²) >= 11 is 0. The van der Waals surface area contributed by atoms with Crippen molar-refractivity contribution in [1.82, 2.24) is 10.6 Å². The van der Waals surface area contributed by atoms with Gasteiger partial charge < -0.3 is 15.4 Å². The molecule has 2 atom stereocenters. The van der Waals surface area contributed by atoms with Gasteiger partial charge in [-0.05, 0) is 45.7 Å². The van der Waals surface area contributed by atoms with Gasteiger partial charge in [-0.15, -0.1) is 0 Å². The SMILES string of the molecule is CC(C)OC(=O)C(C)CNC(=O)CCC1CCNC1. The Bertz CT molecular complexity index is 299. The summed E-state index contributed by atoms with van der Waals surface area (Å²) in [5, 5.41) is 6.09. The van der Waals surface area contributed by atoms with Crippen LogP contribution >= 0.6 is 0 Å². The molecular weight excluding hydrogens is 244 g/mol. The molecule has 110 valence electrons. The molecule has 5 nitrogen and oxygen atoms in total. The average Bonchev–Trinajstić information content (AvgIpc) is 2.85. The van der Waals surface area contributed by atoms with Gasteiger partial charge in [0.1, 0.15) is 0 Å². The molecule has 1 aliphatic heterocycles. The molecule has 1 rings (SSSR count). The second kappa shape index (κ2) is 8.15. The van der Waals surface area contributed by atoms with Crippen molar-refractivity contribution in [3.8, 4) is 0 Å². The lowest BCUT2D eigenvalue weighted by atomic mass is 10.0. The topological polar surface area (TPSA) is 67.4 Å². The molecule has 1 fully saturated rings. The van der Waals surface area contributed by atoms with E-state index < -0.39 is 0 Å². The van der Waals surface area contributed by atoms with Gasteiger partial charge >= 0.3 is 5.97 Å². The minimum atomic E-state index is -0.292. The number of esters is 1. The fourth-order valence-electron chi connectivity index (χ4n) is 2.08. The summed E-state index contributed by atoms with van der Waals surface area (Å²) in [5.74, 6) is 0.0972. The molecular formula is C14H26N2O3. The molecule has 0 aliphatic carbocycles. The van der Waals surface area contributed by atoms with Crippen molar-refractivity contribution in [3.05, 3.63) is 0 Å². The third kappa shape index (κ3) is 6.57. The first-order valence-electron chi connectivity index (χ1n) is 7.17. The van der Waals surface area contributed by atoms with Crippen LogP contribution in [0.5, 0.6) is 0 Å². The van der Waals surface area contributed by atoms with Crippen molar-refractivity contribution in [2.75, 3.05) is 19.6 Å². The van der Waals surface area contributed by atoms with Crippen LogP contribution in [0.15, 0.2) is 0 Å². The first-order chi connectivity index (χ1) is 8.99. The van der Waals surface area contributed by atoms with Gasteiger partial charge in [-0.1, -0.05) is 6.92 Å². The van der Waals surface area contributed by atoms with Gasteiger partial charge in [0.25, 0.3) is 0 Å². The maximum Gasteiger partial charge on any atom is 0.310 e. The van der Waals surface area contributed by atoms with Crippen LogP contribution in [0.25, 0.3) is 0 Å². The predicted octanol–water partition coefficient (Wildman–Crippen LogP) is 1.08. The minimum absolute atomic E-state index is 0.0242. The molecule has 0 spiro atoms. The molecule has 19 heavy (non-hydrogen) atoms. The summed E-state index contributed by atoms with van der Waals surface area (Å²) in [6.07, 6.45) is 2.51. The van der Waals surface area contributed by atoms with Crippen molar-refractivity contribution in [2.45, 2.75) is 46.1 Å². The molecule has 5 heteroatoms. The number of hydrogen-bond acceptors (Lipinski definition) is 4. The average molecular weight is 270 g/mol. The van der Waals surface area contributed by atoms with Crippen molar-refractivity contribution < 1.29 is 14.3 Å². The van der Waals surface area contributed by atoms with E-state index in [0.717, 1.165) is 25.9 Å². The normalized spacial score (nSPS) is 20.3. The quantitative estimate of drug-likeness (QED) is 0.679. The summed E-state index contributed by atoms with van der Waals surface area (Å²) in [7, 11) is 0. The summed E-state index contributed by atoms with van der Waals surface area (Å²) < 4.78 is 5.09. The third-order valence-corrected chi connectivity index (χ3v) is 3.30. The maximum absolute atomic E-state index is 11.7. The van der Waals surface area contributed by atoms with Gasteiger partial charge in [0.15, 0.2) is 0 Å². The molecule has 0 saturated carbocycles. The number of amides is 1. The van der Waals surface area contributed by atoms with Crippen molar-refractivity contribution in [2.24, 2.45) is 11.8 Å². The van der Waals surface area contributed by atoms with E-state index in [4.69, 9.17) is 4.74 Å². The standard InChI is InChI=1S/C14H26N2O3/c1-10(2)19-14(18)11(3)8-16-13(17)5-4-12-6-7-15-9-12/h10-12,15H,4-9H2,1-3H3,(H,16,17). The highest BCUT2D eigenvalue weighted by atomic mass is 16.5. The second-order valence-electron chi connectivity index (χ2n) is 5.59. The van der Waals surface area contributed by atoms with Gasteiger partial charge in [-0.2, -0.15) is 0 Å². The zero-order valence-corrected chi connectivity index (χ0v) is 12.2. The third-order valence-electron chi connectivity index (χ3n) is 3.30. The first kappa shape index (κ1) is 16.0. The van der Waals surface area contributed by atoms with Gasteiger partial charge in [0.2, 0.25) is 5.91 Å². The molecule has 1 amide bonds. The molecule has 0 aromatic rings. The molecule has 0 bridgehead atoms. The molecule has 0 aromatic carbocycles. The summed E-state index contributed by atoms with van der Waals surface area (Å²) in [4.78, 5) is 23.2. The highest BCUT2D eigenvalue weighted by molar-refractivity contribution is 5.77. The summed E-state index contributed by atoms with van der Waals surface area (Å²) in [5.41, 5.74) is 0. The fourth-order valence-corrected chi connectivity index (χ4v) is 2.08. The molecule has 1 aliphatic rings. The summed E-state index contributed by atoms with van der Waals surface area (Å²) in [6, 6.07) is 0. The Morgan fingerprint density at radius 1 is 1.37 bits per heavy atom. The number of nitrogens with one attached hydrogen (secondary N) is 2. The van der Waals surface area contributed by atoms with Crippen molar-refractivity contribution in [3.63, 3.8) is 0 Å². The molecule has 0 radical (unpaired) electrons. The monoisotopic (exact) mass is 270 g/mol. The number of carbonyl (C=O) groups excluding carboxylic acids is 2. The number of hydrogen-bond donors (Lipinski definition) is 2. The molecule has 2 N–H and O–H groups in total. The van der Waals surface area contributed by atoms with E-state index in [9.17, 15) is 9.59 Å². The zero-order valence-electron chi connectivity index (χ0n) is 12.2. The van der Waals surface area contributed by atoms with Gasteiger partial charge in [0.05, 0.1) is 12.0 Å². The molecule has 1 heterocycles. The molecule has 2 unspecified atom stereocenters. The lowest BCUT2D eigenvalue weighted by molar-refractivity contribution is -0.151. The highest BCUT2D eigenvalue weighted by Crippen LogP contribution is 2.13. The van der Waals surface area contributed by atoms with E-state index >= 15 is 0 Å². The van der Waals surface area contributed by atoms with Crippen LogP contribution in [-0.4, -0.2) is 37.6 Å². The Balaban J connectivity index is 2.12. The predicted molar refractivity (Wildman–Crippen MR) is 73.6 cm³/mol. The Kier molecular flexibility index (Phi) is 6.84. The van der Waals surface area contributed by atoms with Crippen LogP contribution in [0.2, 0.25) is 0 Å². The Morgan fingerprint density at radius 2 is 2.11 bits per heavy atom. The van der Waals surface area contributed by atoms with E-state index in [1.54, 1.807) is 6.92 Å². The van der Waals surface area contributed by atoms with E-state index in [1.807, 2.05) is 13.8 Å². The van der Waals surface area contributed by atoms with Gasteiger partial charge in [0, 0.05) is 13.0 Å². The van der Waals surface area contributed by atoms with Gasteiger partial charge in [-0.3, -0.25) is 9.59 Å². The minimum Gasteiger partial charge on any atom is -0.463 e. The lowest BCUT2D eigenvalue weighted by Gasteiger charge is -2.15. The van der Waals surface area contributed by atoms with Crippen molar-refractivity contribution in [1.29, 1.82) is 0 Å². The Morgan fingerprint density at radius 3 is 2.68 bits per heavy atom. The van der Waals surface area contributed by atoms with Crippen LogP contribution in [0.4, 0.5) is 0 Å². The Labute approximate surface area is 115 Å². The van der Waals surface area contributed by atoms with Crippen LogP contribution < -0.4 is 10.6 Å². The molecule has 1 saturated heterocycles. The van der Waals surface area contributed by atoms with Crippen LogP contribution in [0.3, 0.4) is 0 Å². The number of carbonyl (C=O) groups is 2. The largest absolute Gasteiger partial charge is 0.463 e. The van der Waals surface area contributed by atoms with Gasteiger partial charge in [-0.25, -0.2) is 0 Å². The zero-order chi connectivity index (χ0) is 14.3. The number of rotatable bonds is 7. The Hall–Kier alpha value is -1.10. The van der Waals surface area contributed by atoms with Crippen LogP contribution in [0, 0.1) is 11.8 Å². The maximum atomic E-state index is 11.7. The van der Waals surface area contributed by atoms with E-state index in [1.165, 1.54) is 0 Å². The van der Waals surface area contributed by atoms with Crippen LogP contribution in [0.1, 0.15) is 40.0 Å². The smallest absolute Gasteiger partial charge is 0.310 e. The van der Waals surface area contributed by atoms with E-state index in [-0.39, 0.29) is 23.9 Å².